The minimum absolute atomic E-state index is 0.0686. The van der Waals surface area contributed by atoms with E-state index in [1.165, 1.54) is 0 Å². The molecule has 0 saturated heterocycles. The number of aliphatic imine (C=N–C) groups is 1. The van der Waals surface area contributed by atoms with Gasteiger partial charge < -0.3 is 4.74 Å². The van der Waals surface area contributed by atoms with E-state index in [0.29, 0.717) is 11.2 Å². The number of aromatic nitrogens is 3. The monoisotopic (exact) mass is 544 g/mol. The average Bonchev–Trinajstić information content (AvgIpc) is 3.36. The predicted molar refractivity (Wildman–Crippen MR) is 170 cm³/mol. The van der Waals surface area contributed by atoms with Gasteiger partial charge in [0.15, 0.2) is 5.82 Å². The third-order valence-electron chi connectivity index (χ3n) is 7.45. The summed E-state index contributed by atoms with van der Waals surface area (Å²) in [6.45, 7) is 14.5. The van der Waals surface area contributed by atoms with E-state index < -0.39 is 0 Å². The van der Waals surface area contributed by atoms with Gasteiger partial charge in [0.2, 0.25) is 0 Å². The van der Waals surface area contributed by atoms with Crippen LogP contribution in [0.15, 0.2) is 95.2 Å². The number of pyridine rings is 1. The zero-order valence-electron chi connectivity index (χ0n) is 24.6. The van der Waals surface area contributed by atoms with Gasteiger partial charge in [-0.15, -0.1) is 0 Å². The molecular formula is C35H36N4O2. The molecule has 1 atom stereocenters. The lowest BCUT2D eigenvalue weighted by atomic mass is 9.96. The number of ether oxygens (including phenoxy) is 1. The second kappa shape index (κ2) is 11.4. The van der Waals surface area contributed by atoms with E-state index in [-0.39, 0.29) is 17.5 Å². The van der Waals surface area contributed by atoms with Gasteiger partial charge in [-0.25, -0.2) is 9.67 Å². The number of nitrogens with zero attached hydrogens (tertiary/aromatic N) is 4. The molecule has 0 fully saturated rings. The topological polar surface area (TPSA) is 61.4 Å². The van der Waals surface area contributed by atoms with Crippen molar-refractivity contribution in [1.29, 1.82) is 0 Å². The van der Waals surface area contributed by atoms with Crippen LogP contribution >= 0.6 is 0 Å². The first-order valence-corrected chi connectivity index (χ1v) is 13.9. The number of hydrogen-bond acceptors (Lipinski definition) is 4. The van der Waals surface area contributed by atoms with Crippen molar-refractivity contribution in [3.8, 4) is 22.7 Å². The summed E-state index contributed by atoms with van der Waals surface area (Å²) in [5.74, 6) is 1.82. The van der Waals surface area contributed by atoms with E-state index >= 15 is 0 Å². The Labute approximate surface area is 241 Å². The standard InChI is InChI=1S/C35H36N4O2/c1-8-36-34-32(23(4)5)33(26-18-19-31(41-7)29(20-26)22(2)3)37-39(34)24(6)30-21-25-14-12-13-17-28(25)35(40)38(30)27-15-10-9-11-16-27/h8-22,24H,4H2,1-3,5-7H3/b36-8-. The van der Waals surface area contributed by atoms with Crippen molar-refractivity contribution in [2.24, 2.45) is 4.99 Å². The number of fused-ring (bicyclic) bond motifs is 1. The molecule has 5 aromatic rings. The van der Waals surface area contributed by atoms with Gasteiger partial charge in [-0.1, -0.05) is 56.8 Å². The Morgan fingerprint density at radius 2 is 1.71 bits per heavy atom. The maximum atomic E-state index is 13.9. The molecule has 2 aromatic heterocycles. The van der Waals surface area contributed by atoms with Crippen molar-refractivity contribution in [2.45, 2.75) is 46.6 Å². The largest absolute Gasteiger partial charge is 0.496 e. The predicted octanol–water partition coefficient (Wildman–Crippen LogP) is 8.35. The first-order valence-electron chi connectivity index (χ1n) is 13.9. The molecular weight excluding hydrogens is 508 g/mol. The van der Waals surface area contributed by atoms with Gasteiger partial charge in [0.1, 0.15) is 11.4 Å². The molecule has 1 unspecified atom stereocenters. The summed E-state index contributed by atoms with van der Waals surface area (Å²) in [7, 11) is 1.69. The maximum Gasteiger partial charge on any atom is 0.263 e. The van der Waals surface area contributed by atoms with Crippen LogP contribution in [0.4, 0.5) is 5.82 Å². The third kappa shape index (κ3) is 5.02. The summed E-state index contributed by atoms with van der Waals surface area (Å²) >= 11 is 0. The van der Waals surface area contributed by atoms with E-state index in [2.05, 4.69) is 39.5 Å². The number of allylic oxidation sites excluding steroid dienone is 1. The molecule has 0 aliphatic heterocycles. The third-order valence-corrected chi connectivity index (χ3v) is 7.45. The van der Waals surface area contributed by atoms with Gasteiger partial charge in [0.25, 0.3) is 5.56 Å². The molecule has 0 aliphatic carbocycles. The summed E-state index contributed by atoms with van der Waals surface area (Å²) in [6.07, 6.45) is 1.77. The van der Waals surface area contributed by atoms with Crippen molar-refractivity contribution in [1.82, 2.24) is 14.3 Å². The van der Waals surface area contributed by atoms with Gasteiger partial charge in [0, 0.05) is 28.4 Å². The van der Waals surface area contributed by atoms with Gasteiger partial charge in [-0.05, 0) is 85.7 Å². The second-order valence-electron chi connectivity index (χ2n) is 10.6. The summed E-state index contributed by atoms with van der Waals surface area (Å²) in [5, 5.41) is 6.74. The van der Waals surface area contributed by atoms with Crippen LogP contribution in [0.3, 0.4) is 0 Å². The van der Waals surface area contributed by atoms with E-state index in [9.17, 15) is 4.79 Å². The molecule has 6 heteroatoms. The fraction of sp³-hybridized carbons (Fsp3) is 0.229. The highest BCUT2D eigenvalue weighted by Gasteiger charge is 2.26. The molecule has 0 bridgehead atoms. The number of rotatable bonds is 8. The summed E-state index contributed by atoms with van der Waals surface area (Å²) < 4.78 is 9.35. The highest BCUT2D eigenvalue weighted by Crippen LogP contribution is 2.40. The molecule has 0 radical (unpaired) electrons. The molecule has 41 heavy (non-hydrogen) atoms. The molecule has 0 spiro atoms. The second-order valence-corrected chi connectivity index (χ2v) is 10.6. The van der Waals surface area contributed by atoms with E-state index in [1.807, 2.05) is 85.3 Å². The highest BCUT2D eigenvalue weighted by atomic mass is 16.5. The zero-order chi connectivity index (χ0) is 29.3. The molecule has 5 rings (SSSR count). The Morgan fingerprint density at radius 1 is 1.00 bits per heavy atom. The summed E-state index contributed by atoms with van der Waals surface area (Å²) in [5.41, 5.74) is 6.15. The Balaban J connectivity index is 1.80. The maximum absolute atomic E-state index is 13.9. The van der Waals surface area contributed by atoms with Crippen molar-refractivity contribution in [2.75, 3.05) is 7.11 Å². The van der Waals surface area contributed by atoms with E-state index in [1.54, 1.807) is 17.9 Å². The minimum Gasteiger partial charge on any atom is -0.496 e. The van der Waals surface area contributed by atoms with Crippen molar-refractivity contribution in [3.63, 3.8) is 0 Å². The number of benzene rings is 3. The smallest absolute Gasteiger partial charge is 0.263 e. The number of methoxy groups -OCH3 is 1. The van der Waals surface area contributed by atoms with E-state index in [4.69, 9.17) is 14.8 Å². The average molecular weight is 545 g/mol. The van der Waals surface area contributed by atoms with Crippen LogP contribution in [-0.2, 0) is 0 Å². The summed E-state index contributed by atoms with van der Waals surface area (Å²) in [6, 6.07) is 25.4. The quantitative estimate of drug-likeness (QED) is 0.184. The highest BCUT2D eigenvalue weighted by molar-refractivity contribution is 5.85. The first-order chi connectivity index (χ1) is 19.8. The van der Waals surface area contributed by atoms with Crippen molar-refractivity contribution < 1.29 is 4.74 Å². The number of hydrogen-bond donors (Lipinski definition) is 0. The van der Waals surface area contributed by atoms with Crippen molar-refractivity contribution in [3.05, 3.63) is 113 Å². The first kappa shape index (κ1) is 27.8. The molecule has 2 heterocycles. The number of para-hydroxylation sites is 1. The van der Waals surface area contributed by atoms with Crippen molar-refractivity contribution >= 4 is 28.4 Å². The molecule has 0 saturated carbocycles. The van der Waals surface area contributed by atoms with E-state index in [0.717, 1.165) is 50.5 Å². The fourth-order valence-corrected chi connectivity index (χ4v) is 5.42. The molecule has 0 amide bonds. The Kier molecular flexibility index (Phi) is 7.75. The van der Waals surface area contributed by atoms with Crippen LogP contribution in [0, 0.1) is 0 Å². The van der Waals surface area contributed by atoms with Gasteiger partial charge in [0.05, 0.1) is 18.8 Å². The lowest BCUT2D eigenvalue weighted by Gasteiger charge is -2.21. The van der Waals surface area contributed by atoms with Gasteiger partial charge in [-0.3, -0.25) is 9.36 Å². The van der Waals surface area contributed by atoms with Gasteiger partial charge >= 0.3 is 0 Å². The zero-order valence-corrected chi connectivity index (χ0v) is 24.6. The normalized spacial score (nSPS) is 12.4. The molecule has 0 aliphatic rings. The Bertz CT molecular complexity index is 1830. The molecule has 0 N–H and O–H groups in total. The lowest BCUT2D eigenvalue weighted by Crippen LogP contribution is -2.25. The van der Waals surface area contributed by atoms with Gasteiger partial charge in [-0.2, -0.15) is 5.10 Å². The van der Waals surface area contributed by atoms with Crippen LogP contribution in [0.1, 0.15) is 63.4 Å². The summed E-state index contributed by atoms with van der Waals surface area (Å²) in [4.78, 5) is 18.7. The molecule has 6 nitrogen and oxygen atoms in total. The Morgan fingerprint density at radius 3 is 2.37 bits per heavy atom. The van der Waals surface area contributed by atoms with Crippen LogP contribution in [0.5, 0.6) is 5.75 Å². The van der Waals surface area contributed by atoms with Crippen LogP contribution < -0.4 is 10.3 Å². The van der Waals surface area contributed by atoms with Crippen LogP contribution in [0.25, 0.3) is 33.3 Å². The Hall–Kier alpha value is -4.71. The SMILES string of the molecule is C=C(C)c1c(-c2ccc(OC)c(C(C)C)c2)nn(C(C)c2cc3ccccc3c(=O)n2-c2ccccc2)c1/N=C\C. The molecule has 3 aromatic carbocycles. The molecule has 208 valence electrons. The fourth-order valence-electron chi connectivity index (χ4n) is 5.42. The van der Waals surface area contributed by atoms with Crippen LogP contribution in [0.2, 0.25) is 0 Å². The minimum atomic E-state index is -0.333. The lowest BCUT2D eigenvalue weighted by molar-refractivity contribution is 0.407. The van der Waals surface area contributed by atoms with Crippen LogP contribution in [-0.4, -0.2) is 27.7 Å².